The minimum absolute atomic E-state index is 0.146. The van der Waals surface area contributed by atoms with Crippen LogP contribution in [0.1, 0.15) is 11.6 Å². The number of hydrogen-bond donors (Lipinski definition) is 2. The fourth-order valence-corrected chi connectivity index (χ4v) is 1.81. The Bertz CT molecular complexity index is 442. The molecule has 0 bridgehead atoms. The number of amides is 1. The summed E-state index contributed by atoms with van der Waals surface area (Å²) in [6.07, 6.45) is -0.751. The molecular weight excluding hydrogens is 250 g/mol. The van der Waals surface area contributed by atoms with Gasteiger partial charge in [0.1, 0.15) is 0 Å². The number of benzene rings is 1. The highest BCUT2D eigenvalue weighted by Crippen LogP contribution is 2.13. The van der Waals surface area contributed by atoms with Crippen LogP contribution in [0.15, 0.2) is 30.3 Å². The Morgan fingerprint density at radius 2 is 2.00 bits per heavy atom. The first-order valence-corrected chi connectivity index (χ1v) is 5.96. The summed E-state index contributed by atoms with van der Waals surface area (Å²) >= 11 is 0. The van der Waals surface area contributed by atoms with Crippen molar-refractivity contribution in [2.75, 3.05) is 19.8 Å². The molecule has 2 atom stereocenters. The molecule has 0 radical (unpaired) electrons. The van der Waals surface area contributed by atoms with Crippen LogP contribution in [0, 0.1) is 0 Å². The lowest BCUT2D eigenvalue weighted by Crippen LogP contribution is -2.45. The number of carboxylic acid groups (broad SMARTS) is 1. The number of ether oxygens (including phenoxy) is 2. The lowest BCUT2D eigenvalue weighted by Gasteiger charge is -2.24. The number of rotatable bonds is 4. The number of nitrogens with one attached hydrogen (secondary N) is 1. The van der Waals surface area contributed by atoms with Crippen molar-refractivity contribution in [3.63, 3.8) is 0 Å². The van der Waals surface area contributed by atoms with Gasteiger partial charge in [-0.05, 0) is 5.56 Å². The normalized spacial score (nSPS) is 20.5. The van der Waals surface area contributed by atoms with Gasteiger partial charge in [-0.25, -0.2) is 4.79 Å². The van der Waals surface area contributed by atoms with Crippen LogP contribution in [0.25, 0.3) is 0 Å². The highest BCUT2D eigenvalue weighted by molar-refractivity contribution is 5.87. The first kappa shape index (κ1) is 13.5. The van der Waals surface area contributed by atoms with Crippen molar-refractivity contribution in [2.24, 2.45) is 0 Å². The second kappa shape index (κ2) is 6.31. The van der Waals surface area contributed by atoms with Gasteiger partial charge in [-0.3, -0.25) is 4.79 Å². The molecule has 19 heavy (non-hydrogen) atoms. The van der Waals surface area contributed by atoms with Crippen LogP contribution in [0.4, 0.5) is 0 Å². The third-order valence-corrected chi connectivity index (χ3v) is 2.77. The quantitative estimate of drug-likeness (QED) is 0.820. The molecule has 1 saturated heterocycles. The standard InChI is InChI=1S/C13H15NO5/c15-12(10-8-18-6-7-19-10)14-11(13(16)17)9-4-2-1-3-5-9/h1-5,10-11H,6-8H2,(H,14,15)(H,16,17)/t10-,11-/m1/s1. The first-order valence-electron chi connectivity index (χ1n) is 5.96. The Morgan fingerprint density at radius 1 is 1.26 bits per heavy atom. The summed E-state index contributed by atoms with van der Waals surface area (Å²) in [5.41, 5.74) is 0.514. The second-order valence-electron chi connectivity index (χ2n) is 4.12. The molecule has 6 nitrogen and oxygen atoms in total. The van der Waals surface area contributed by atoms with Crippen molar-refractivity contribution in [2.45, 2.75) is 12.1 Å². The lowest BCUT2D eigenvalue weighted by atomic mass is 10.1. The van der Waals surface area contributed by atoms with E-state index in [1.165, 1.54) is 0 Å². The minimum Gasteiger partial charge on any atom is -0.479 e. The summed E-state index contributed by atoms with van der Waals surface area (Å²) in [5, 5.41) is 11.6. The van der Waals surface area contributed by atoms with E-state index in [0.29, 0.717) is 18.8 Å². The summed E-state index contributed by atoms with van der Waals surface area (Å²) in [7, 11) is 0. The van der Waals surface area contributed by atoms with Gasteiger partial charge in [-0.15, -0.1) is 0 Å². The monoisotopic (exact) mass is 265 g/mol. The van der Waals surface area contributed by atoms with Crippen LogP contribution in [0.3, 0.4) is 0 Å². The van der Waals surface area contributed by atoms with Crippen LogP contribution in [-0.4, -0.2) is 42.9 Å². The maximum atomic E-state index is 11.9. The lowest BCUT2D eigenvalue weighted by molar-refractivity contribution is -0.152. The van der Waals surface area contributed by atoms with Crippen LogP contribution in [-0.2, 0) is 19.1 Å². The maximum absolute atomic E-state index is 11.9. The van der Waals surface area contributed by atoms with E-state index in [2.05, 4.69) is 5.32 Å². The summed E-state index contributed by atoms with van der Waals surface area (Å²) in [6.45, 7) is 0.930. The summed E-state index contributed by atoms with van der Waals surface area (Å²) in [5.74, 6) is -1.59. The highest BCUT2D eigenvalue weighted by Gasteiger charge is 2.28. The molecule has 1 aromatic carbocycles. The summed E-state index contributed by atoms with van der Waals surface area (Å²) in [6, 6.07) is 7.44. The van der Waals surface area contributed by atoms with Gasteiger partial charge in [-0.1, -0.05) is 30.3 Å². The van der Waals surface area contributed by atoms with Crippen molar-refractivity contribution >= 4 is 11.9 Å². The molecule has 1 aliphatic heterocycles. The molecule has 1 amide bonds. The van der Waals surface area contributed by atoms with Gasteiger partial charge in [0.05, 0.1) is 19.8 Å². The average molecular weight is 265 g/mol. The highest BCUT2D eigenvalue weighted by atomic mass is 16.6. The first-order chi connectivity index (χ1) is 9.18. The van der Waals surface area contributed by atoms with Gasteiger partial charge in [0, 0.05) is 0 Å². The van der Waals surface area contributed by atoms with E-state index >= 15 is 0 Å². The molecule has 0 aromatic heterocycles. The number of aliphatic carboxylic acids is 1. The molecule has 0 spiro atoms. The van der Waals surface area contributed by atoms with E-state index in [9.17, 15) is 14.7 Å². The Hall–Kier alpha value is -1.92. The largest absolute Gasteiger partial charge is 0.479 e. The van der Waals surface area contributed by atoms with Gasteiger partial charge >= 0.3 is 5.97 Å². The van der Waals surface area contributed by atoms with E-state index in [1.54, 1.807) is 30.3 Å². The van der Waals surface area contributed by atoms with Crippen LogP contribution in [0.2, 0.25) is 0 Å². The Balaban J connectivity index is 2.04. The zero-order chi connectivity index (χ0) is 13.7. The van der Waals surface area contributed by atoms with Gasteiger partial charge in [0.15, 0.2) is 12.1 Å². The second-order valence-corrected chi connectivity index (χ2v) is 4.12. The van der Waals surface area contributed by atoms with Gasteiger partial charge in [-0.2, -0.15) is 0 Å². The van der Waals surface area contributed by atoms with Crippen molar-refractivity contribution in [1.82, 2.24) is 5.32 Å². The summed E-state index contributed by atoms with van der Waals surface area (Å²) in [4.78, 5) is 23.1. The van der Waals surface area contributed by atoms with Crippen molar-refractivity contribution in [1.29, 1.82) is 0 Å². The zero-order valence-electron chi connectivity index (χ0n) is 10.2. The Kier molecular flexibility index (Phi) is 4.48. The van der Waals surface area contributed by atoms with Crippen molar-refractivity contribution in [3.05, 3.63) is 35.9 Å². The van der Waals surface area contributed by atoms with Crippen LogP contribution in [0.5, 0.6) is 0 Å². The molecule has 102 valence electrons. The number of carboxylic acids is 1. The maximum Gasteiger partial charge on any atom is 0.330 e. The predicted molar refractivity (Wildman–Crippen MR) is 65.5 cm³/mol. The van der Waals surface area contributed by atoms with Crippen LogP contribution >= 0.6 is 0 Å². The molecule has 1 fully saturated rings. The molecule has 6 heteroatoms. The van der Waals surface area contributed by atoms with Gasteiger partial charge in [0.2, 0.25) is 0 Å². The van der Waals surface area contributed by atoms with E-state index in [0.717, 1.165) is 0 Å². The third kappa shape index (κ3) is 3.52. The molecule has 0 unspecified atom stereocenters. The Labute approximate surface area is 110 Å². The van der Waals surface area contributed by atoms with E-state index < -0.39 is 24.0 Å². The number of hydrogen-bond acceptors (Lipinski definition) is 4. The molecule has 0 aliphatic carbocycles. The number of carbonyl (C=O) groups excluding carboxylic acids is 1. The van der Waals surface area contributed by atoms with E-state index in [-0.39, 0.29) is 6.61 Å². The van der Waals surface area contributed by atoms with E-state index in [4.69, 9.17) is 9.47 Å². The topological polar surface area (TPSA) is 84.9 Å². The molecule has 2 rings (SSSR count). The summed E-state index contributed by atoms with van der Waals surface area (Å²) < 4.78 is 10.3. The van der Waals surface area contributed by atoms with Crippen LogP contribution < -0.4 is 5.32 Å². The fourth-order valence-electron chi connectivity index (χ4n) is 1.81. The SMILES string of the molecule is O=C(N[C@@H](C(=O)O)c1ccccc1)[C@H]1COCCO1. The Morgan fingerprint density at radius 3 is 2.58 bits per heavy atom. The van der Waals surface area contributed by atoms with Gasteiger partial charge in [0.25, 0.3) is 5.91 Å². The third-order valence-electron chi connectivity index (χ3n) is 2.77. The minimum atomic E-state index is -1.11. The molecule has 1 heterocycles. The fraction of sp³-hybridized carbons (Fsp3) is 0.385. The molecular formula is C13H15NO5. The number of carbonyl (C=O) groups is 2. The smallest absolute Gasteiger partial charge is 0.330 e. The van der Waals surface area contributed by atoms with Gasteiger partial charge < -0.3 is 19.9 Å². The molecule has 1 aromatic rings. The molecule has 0 saturated carbocycles. The van der Waals surface area contributed by atoms with Crippen molar-refractivity contribution < 1.29 is 24.2 Å². The molecule has 2 N–H and O–H groups in total. The average Bonchev–Trinajstić information content (AvgIpc) is 2.46. The molecule has 1 aliphatic rings. The van der Waals surface area contributed by atoms with Crippen molar-refractivity contribution in [3.8, 4) is 0 Å². The van der Waals surface area contributed by atoms with E-state index in [1.807, 2.05) is 0 Å². The zero-order valence-corrected chi connectivity index (χ0v) is 10.2. The predicted octanol–water partition coefficient (Wildman–Crippen LogP) is 0.344.